The third-order valence-electron chi connectivity index (χ3n) is 2.45. The van der Waals surface area contributed by atoms with Crippen molar-refractivity contribution in [2.24, 2.45) is 0 Å². The first-order chi connectivity index (χ1) is 7.65. The standard InChI is InChI=1S/C13H13FN2/c1-9-2-4-10(5-3-9)6-11-7-13(15)12(14)8-16-11/h2-5,7-8H,6H2,1H3,(H2,15,16). The van der Waals surface area contributed by atoms with Crippen molar-refractivity contribution in [2.45, 2.75) is 13.3 Å². The van der Waals surface area contributed by atoms with Gasteiger partial charge in [0.05, 0.1) is 11.9 Å². The summed E-state index contributed by atoms with van der Waals surface area (Å²) in [6.07, 6.45) is 1.84. The quantitative estimate of drug-likeness (QED) is 0.838. The second-order valence-electron chi connectivity index (χ2n) is 3.86. The summed E-state index contributed by atoms with van der Waals surface area (Å²) in [5.41, 5.74) is 8.77. The van der Waals surface area contributed by atoms with E-state index in [2.05, 4.69) is 4.98 Å². The van der Waals surface area contributed by atoms with E-state index >= 15 is 0 Å². The second-order valence-corrected chi connectivity index (χ2v) is 3.86. The number of benzene rings is 1. The van der Waals surface area contributed by atoms with Crippen LogP contribution in [0.25, 0.3) is 0 Å². The molecule has 1 heterocycles. The van der Waals surface area contributed by atoms with E-state index in [1.165, 1.54) is 11.8 Å². The molecule has 0 spiro atoms. The first-order valence-electron chi connectivity index (χ1n) is 5.10. The average molecular weight is 216 g/mol. The van der Waals surface area contributed by atoms with E-state index in [1.54, 1.807) is 6.07 Å². The van der Waals surface area contributed by atoms with Crippen molar-refractivity contribution < 1.29 is 4.39 Å². The summed E-state index contributed by atoms with van der Waals surface area (Å²) in [6, 6.07) is 9.74. The van der Waals surface area contributed by atoms with Gasteiger partial charge >= 0.3 is 0 Å². The summed E-state index contributed by atoms with van der Waals surface area (Å²) < 4.78 is 12.9. The van der Waals surface area contributed by atoms with E-state index < -0.39 is 5.82 Å². The van der Waals surface area contributed by atoms with Gasteiger partial charge in [-0.05, 0) is 18.6 Å². The molecule has 2 rings (SSSR count). The number of hydrogen-bond acceptors (Lipinski definition) is 2. The van der Waals surface area contributed by atoms with E-state index in [9.17, 15) is 4.39 Å². The zero-order valence-electron chi connectivity index (χ0n) is 9.07. The lowest BCUT2D eigenvalue weighted by Gasteiger charge is -2.03. The van der Waals surface area contributed by atoms with Crippen LogP contribution in [0.1, 0.15) is 16.8 Å². The molecule has 0 atom stereocenters. The van der Waals surface area contributed by atoms with Crippen LogP contribution >= 0.6 is 0 Å². The summed E-state index contributed by atoms with van der Waals surface area (Å²) in [7, 11) is 0. The Morgan fingerprint density at radius 3 is 2.56 bits per heavy atom. The Hall–Kier alpha value is -1.90. The predicted octanol–water partition coefficient (Wildman–Crippen LogP) is 2.70. The summed E-state index contributed by atoms with van der Waals surface area (Å²) in [5.74, 6) is -0.465. The lowest BCUT2D eigenvalue weighted by Crippen LogP contribution is -1.97. The molecule has 2 nitrogen and oxygen atoms in total. The summed E-state index contributed by atoms with van der Waals surface area (Å²) in [4.78, 5) is 4.00. The summed E-state index contributed by atoms with van der Waals surface area (Å²) in [6.45, 7) is 2.04. The van der Waals surface area contributed by atoms with Crippen LogP contribution in [0.5, 0.6) is 0 Å². The third-order valence-corrected chi connectivity index (χ3v) is 2.45. The zero-order chi connectivity index (χ0) is 11.5. The SMILES string of the molecule is Cc1ccc(Cc2cc(N)c(F)cn2)cc1. The number of nitrogens with zero attached hydrogens (tertiary/aromatic N) is 1. The van der Waals surface area contributed by atoms with Crippen molar-refractivity contribution in [2.75, 3.05) is 5.73 Å². The molecule has 0 aliphatic rings. The maximum absolute atomic E-state index is 12.9. The highest BCUT2D eigenvalue weighted by atomic mass is 19.1. The molecule has 3 heteroatoms. The van der Waals surface area contributed by atoms with E-state index in [-0.39, 0.29) is 5.69 Å². The Morgan fingerprint density at radius 1 is 1.25 bits per heavy atom. The van der Waals surface area contributed by atoms with Crippen LogP contribution in [0.3, 0.4) is 0 Å². The minimum absolute atomic E-state index is 0.150. The molecule has 0 amide bonds. The van der Waals surface area contributed by atoms with Crippen LogP contribution in [0.4, 0.5) is 10.1 Å². The molecule has 0 aliphatic carbocycles. The molecule has 0 saturated carbocycles. The second kappa shape index (κ2) is 4.31. The molecule has 2 aromatic rings. The number of hydrogen-bond donors (Lipinski definition) is 1. The average Bonchev–Trinajstić information content (AvgIpc) is 2.27. The van der Waals surface area contributed by atoms with Crippen molar-refractivity contribution >= 4 is 5.69 Å². The largest absolute Gasteiger partial charge is 0.396 e. The van der Waals surface area contributed by atoms with E-state index in [0.717, 1.165) is 11.3 Å². The zero-order valence-corrected chi connectivity index (χ0v) is 9.07. The molecule has 0 aliphatic heterocycles. The number of aromatic nitrogens is 1. The Kier molecular flexibility index (Phi) is 2.86. The van der Waals surface area contributed by atoms with Crippen molar-refractivity contribution in [1.82, 2.24) is 4.98 Å². The molecule has 0 unspecified atom stereocenters. The van der Waals surface area contributed by atoms with Gasteiger partial charge in [-0.1, -0.05) is 29.8 Å². The Bertz CT molecular complexity index is 492. The Labute approximate surface area is 93.9 Å². The molecule has 0 fully saturated rings. The minimum Gasteiger partial charge on any atom is -0.396 e. The van der Waals surface area contributed by atoms with Gasteiger partial charge in [-0.3, -0.25) is 4.98 Å². The lowest BCUT2D eigenvalue weighted by molar-refractivity contribution is 0.624. The molecular weight excluding hydrogens is 203 g/mol. The minimum atomic E-state index is -0.465. The van der Waals surface area contributed by atoms with Gasteiger partial charge in [0.15, 0.2) is 5.82 Å². The maximum Gasteiger partial charge on any atom is 0.164 e. The van der Waals surface area contributed by atoms with Crippen LogP contribution in [0.15, 0.2) is 36.5 Å². The number of halogens is 1. The highest BCUT2D eigenvalue weighted by molar-refractivity contribution is 5.40. The highest BCUT2D eigenvalue weighted by Crippen LogP contribution is 2.13. The van der Waals surface area contributed by atoms with Gasteiger partial charge in [0, 0.05) is 12.1 Å². The molecule has 0 saturated heterocycles. The predicted molar refractivity (Wildman–Crippen MR) is 62.6 cm³/mol. The lowest BCUT2D eigenvalue weighted by atomic mass is 10.1. The van der Waals surface area contributed by atoms with Crippen molar-refractivity contribution in [3.05, 3.63) is 59.2 Å². The monoisotopic (exact) mass is 216 g/mol. The van der Waals surface area contributed by atoms with Gasteiger partial charge in [0.1, 0.15) is 0 Å². The molecule has 82 valence electrons. The molecule has 16 heavy (non-hydrogen) atoms. The van der Waals surface area contributed by atoms with Gasteiger partial charge in [-0.2, -0.15) is 0 Å². The first kappa shape index (κ1) is 10.6. The fourth-order valence-corrected chi connectivity index (χ4v) is 1.51. The van der Waals surface area contributed by atoms with Crippen LogP contribution in [-0.4, -0.2) is 4.98 Å². The van der Waals surface area contributed by atoms with E-state index in [0.29, 0.717) is 6.42 Å². The third kappa shape index (κ3) is 2.37. The van der Waals surface area contributed by atoms with Gasteiger partial charge in [0.2, 0.25) is 0 Å². The van der Waals surface area contributed by atoms with Crippen molar-refractivity contribution in [3.8, 4) is 0 Å². The summed E-state index contributed by atoms with van der Waals surface area (Å²) in [5, 5.41) is 0. The number of pyridine rings is 1. The molecule has 0 bridgehead atoms. The number of anilines is 1. The van der Waals surface area contributed by atoms with Crippen LogP contribution < -0.4 is 5.73 Å². The van der Waals surface area contributed by atoms with Gasteiger partial charge in [-0.25, -0.2) is 4.39 Å². The molecule has 1 aromatic carbocycles. The number of nitrogens with two attached hydrogens (primary N) is 1. The molecule has 2 N–H and O–H groups in total. The normalized spacial score (nSPS) is 10.4. The first-order valence-corrected chi connectivity index (χ1v) is 5.10. The fraction of sp³-hybridized carbons (Fsp3) is 0.154. The topological polar surface area (TPSA) is 38.9 Å². The van der Waals surface area contributed by atoms with Crippen LogP contribution in [-0.2, 0) is 6.42 Å². The Morgan fingerprint density at radius 2 is 1.94 bits per heavy atom. The molecule has 1 aromatic heterocycles. The van der Waals surface area contributed by atoms with Gasteiger partial charge in [-0.15, -0.1) is 0 Å². The number of nitrogen functional groups attached to an aromatic ring is 1. The van der Waals surface area contributed by atoms with Gasteiger partial charge in [0.25, 0.3) is 0 Å². The Balaban J connectivity index is 2.20. The summed E-state index contributed by atoms with van der Waals surface area (Å²) >= 11 is 0. The highest BCUT2D eigenvalue weighted by Gasteiger charge is 2.02. The van der Waals surface area contributed by atoms with E-state index in [4.69, 9.17) is 5.73 Å². The smallest absolute Gasteiger partial charge is 0.164 e. The van der Waals surface area contributed by atoms with Crippen LogP contribution in [0.2, 0.25) is 0 Å². The number of rotatable bonds is 2. The fourth-order valence-electron chi connectivity index (χ4n) is 1.51. The van der Waals surface area contributed by atoms with Crippen molar-refractivity contribution in [1.29, 1.82) is 0 Å². The molecule has 0 radical (unpaired) electrons. The number of aryl methyl sites for hydroxylation is 1. The molecular formula is C13H13FN2. The van der Waals surface area contributed by atoms with E-state index in [1.807, 2.05) is 31.2 Å². The van der Waals surface area contributed by atoms with Crippen molar-refractivity contribution in [3.63, 3.8) is 0 Å². The van der Waals surface area contributed by atoms with Gasteiger partial charge < -0.3 is 5.73 Å². The maximum atomic E-state index is 12.9. The van der Waals surface area contributed by atoms with Crippen LogP contribution in [0, 0.1) is 12.7 Å².